The Hall–Kier alpha value is -1.66. The molecule has 0 radical (unpaired) electrons. The summed E-state index contributed by atoms with van der Waals surface area (Å²) in [4.78, 5) is 11.5. The van der Waals surface area contributed by atoms with Crippen molar-refractivity contribution in [2.24, 2.45) is 0 Å². The molecule has 2 rings (SSSR count). The number of benzene rings is 2. The zero-order chi connectivity index (χ0) is 17.6. The van der Waals surface area contributed by atoms with Gasteiger partial charge in [0.15, 0.2) is 6.29 Å². The summed E-state index contributed by atoms with van der Waals surface area (Å²) in [6, 6.07) is 14.4. The number of rotatable bonds is 8. The van der Waals surface area contributed by atoms with Crippen LogP contribution in [0.1, 0.15) is 54.6 Å². The van der Waals surface area contributed by atoms with Crippen molar-refractivity contribution in [2.75, 3.05) is 7.11 Å². The van der Waals surface area contributed by atoms with Crippen LogP contribution in [0, 0.1) is 6.92 Å². The van der Waals surface area contributed by atoms with Crippen LogP contribution in [0.5, 0.6) is 5.75 Å². The third-order valence-electron chi connectivity index (χ3n) is 4.61. The average molecular weight is 342 g/mol. The Morgan fingerprint density at radius 1 is 1.17 bits per heavy atom. The van der Waals surface area contributed by atoms with Crippen LogP contribution in [0.25, 0.3) is 0 Å². The van der Waals surface area contributed by atoms with E-state index in [9.17, 15) is 4.79 Å². The van der Waals surface area contributed by atoms with Crippen LogP contribution >= 0.6 is 8.58 Å². The number of carbonyl (C=O) groups is 1. The first-order chi connectivity index (χ1) is 11.6. The van der Waals surface area contributed by atoms with Crippen LogP contribution in [0.4, 0.5) is 0 Å². The maximum Gasteiger partial charge on any atom is 0.150 e. The average Bonchev–Trinajstić information content (AvgIpc) is 2.61. The Morgan fingerprint density at radius 3 is 2.54 bits per heavy atom. The van der Waals surface area contributed by atoms with E-state index in [1.54, 1.807) is 7.11 Å². The number of hydrogen-bond acceptors (Lipinski definition) is 2. The monoisotopic (exact) mass is 342 g/mol. The number of methoxy groups -OCH3 is 1. The lowest BCUT2D eigenvalue weighted by molar-refractivity contribution is 0.112. The highest BCUT2D eigenvalue weighted by Crippen LogP contribution is 2.51. The number of carbonyl (C=O) groups excluding carboxylic acids is 1. The van der Waals surface area contributed by atoms with E-state index < -0.39 is 0 Å². The molecule has 0 bridgehead atoms. The van der Waals surface area contributed by atoms with E-state index in [1.165, 1.54) is 11.1 Å². The molecule has 2 atom stereocenters. The van der Waals surface area contributed by atoms with Gasteiger partial charge in [0, 0.05) is 16.3 Å². The van der Waals surface area contributed by atoms with Gasteiger partial charge in [-0.25, -0.2) is 0 Å². The van der Waals surface area contributed by atoms with E-state index in [2.05, 4.69) is 45.0 Å². The molecule has 0 aromatic heterocycles. The molecule has 2 nitrogen and oxygen atoms in total. The number of aldehydes is 1. The summed E-state index contributed by atoms with van der Waals surface area (Å²) < 4.78 is 5.68. The van der Waals surface area contributed by atoms with E-state index in [-0.39, 0.29) is 5.16 Å². The molecular formula is C21H27O2P. The molecule has 0 spiro atoms. The molecule has 0 saturated heterocycles. The van der Waals surface area contributed by atoms with E-state index >= 15 is 0 Å². The number of ether oxygens (including phenoxy) is 1. The molecule has 0 aliphatic rings. The largest absolute Gasteiger partial charge is 0.496 e. The molecule has 0 fully saturated rings. The predicted octanol–water partition coefficient (Wildman–Crippen LogP) is 5.23. The van der Waals surface area contributed by atoms with Gasteiger partial charge in [0.1, 0.15) is 5.75 Å². The number of aryl methyl sites for hydroxylation is 1. The SMILES string of the molecule is CCCC(CC)(Pc1ccccc1C=O)c1cc(C)ccc1OC. The zero-order valence-electron chi connectivity index (χ0n) is 15.1. The van der Waals surface area contributed by atoms with Crippen molar-refractivity contribution in [2.45, 2.75) is 45.2 Å². The molecule has 128 valence electrons. The Labute approximate surface area is 147 Å². The van der Waals surface area contributed by atoms with Crippen LogP contribution in [-0.4, -0.2) is 13.4 Å². The molecule has 2 unspecified atom stereocenters. The molecule has 3 heteroatoms. The maximum absolute atomic E-state index is 11.5. The Bertz CT molecular complexity index is 696. The van der Waals surface area contributed by atoms with E-state index in [0.717, 1.165) is 42.2 Å². The lowest BCUT2D eigenvalue weighted by Gasteiger charge is -2.35. The molecule has 24 heavy (non-hydrogen) atoms. The van der Waals surface area contributed by atoms with Crippen LogP contribution in [0.2, 0.25) is 0 Å². The van der Waals surface area contributed by atoms with Gasteiger partial charge in [-0.05, 0) is 31.1 Å². The quantitative estimate of drug-likeness (QED) is 0.485. The van der Waals surface area contributed by atoms with Crippen molar-refractivity contribution in [3.63, 3.8) is 0 Å². The van der Waals surface area contributed by atoms with Gasteiger partial charge < -0.3 is 4.74 Å². The molecule has 0 aliphatic carbocycles. The fourth-order valence-electron chi connectivity index (χ4n) is 3.31. The third-order valence-corrected chi connectivity index (χ3v) is 6.69. The van der Waals surface area contributed by atoms with Gasteiger partial charge in [0.25, 0.3) is 0 Å². The van der Waals surface area contributed by atoms with Crippen molar-refractivity contribution in [3.05, 3.63) is 59.2 Å². The summed E-state index contributed by atoms with van der Waals surface area (Å²) in [6.07, 6.45) is 4.17. The van der Waals surface area contributed by atoms with Gasteiger partial charge in [-0.2, -0.15) is 0 Å². The highest BCUT2D eigenvalue weighted by Gasteiger charge is 2.33. The normalized spacial score (nSPS) is 13.8. The zero-order valence-corrected chi connectivity index (χ0v) is 16.1. The molecule has 0 amide bonds. The molecular weight excluding hydrogens is 315 g/mol. The van der Waals surface area contributed by atoms with Crippen LogP contribution in [0.15, 0.2) is 42.5 Å². The van der Waals surface area contributed by atoms with Crippen molar-refractivity contribution < 1.29 is 9.53 Å². The van der Waals surface area contributed by atoms with Gasteiger partial charge in [0.05, 0.1) is 7.11 Å². The first-order valence-corrected chi connectivity index (χ1v) is 9.57. The first-order valence-electron chi connectivity index (χ1n) is 8.57. The summed E-state index contributed by atoms with van der Waals surface area (Å²) in [5.74, 6) is 0.951. The van der Waals surface area contributed by atoms with Crippen LogP contribution in [-0.2, 0) is 5.16 Å². The molecule has 0 heterocycles. The van der Waals surface area contributed by atoms with E-state index in [4.69, 9.17) is 4.74 Å². The second-order valence-corrected chi connectivity index (χ2v) is 7.97. The first kappa shape index (κ1) is 18.7. The molecule has 0 aliphatic heterocycles. The number of hydrogen-bond donors (Lipinski definition) is 0. The maximum atomic E-state index is 11.5. The fraction of sp³-hybridized carbons (Fsp3) is 0.381. The second kappa shape index (κ2) is 8.44. The van der Waals surface area contributed by atoms with Gasteiger partial charge >= 0.3 is 0 Å². The summed E-state index contributed by atoms with van der Waals surface area (Å²) in [7, 11) is 2.28. The summed E-state index contributed by atoms with van der Waals surface area (Å²) in [6.45, 7) is 6.59. The van der Waals surface area contributed by atoms with Crippen LogP contribution < -0.4 is 10.0 Å². The topological polar surface area (TPSA) is 26.3 Å². The lowest BCUT2D eigenvalue weighted by Crippen LogP contribution is -2.24. The van der Waals surface area contributed by atoms with Gasteiger partial charge in [-0.15, -0.1) is 0 Å². The minimum absolute atomic E-state index is 0.00519. The third kappa shape index (κ3) is 3.87. The molecule has 0 saturated carbocycles. The summed E-state index contributed by atoms with van der Waals surface area (Å²) >= 11 is 0. The molecule has 0 N–H and O–H groups in total. The van der Waals surface area contributed by atoms with Crippen molar-refractivity contribution in [1.29, 1.82) is 0 Å². The van der Waals surface area contributed by atoms with Crippen molar-refractivity contribution >= 4 is 20.2 Å². The van der Waals surface area contributed by atoms with Crippen molar-refractivity contribution in [1.82, 2.24) is 0 Å². The molecule has 2 aromatic carbocycles. The van der Waals surface area contributed by atoms with Crippen LogP contribution in [0.3, 0.4) is 0 Å². The lowest BCUT2D eigenvalue weighted by atomic mass is 9.89. The Balaban J connectivity index is 2.58. The minimum Gasteiger partial charge on any atom is -0.496 e. The predicted molar refractivity (Wildman–Crippen MR) is 104 cm³/mol. The van der Waals surface area contributed by atoms with E-state index in [0.29, 0.717) is 8.58 Å². The van der Waals surface area contributed by atoms with Gasteiger partial charge in [-0.3, -0.25) is 4.79 Å². The van der Waals surface area contributed by atoms with Gasteiger partial charge in [-0.1, -0.05) is 70.8 Å². The van der Waals surface area contributed by atoms with Gasteiger partial charge in [0.2, 0.25) is 0 Å². The van der Waals surface area contributed by atoms with E-state index in [1.807, 2.05) is 18.2 Å². The van der Waals surface area contributed by atoms with Crippen molar-refractivity contribution in [3.8, 4) is 5.75 Å². The highest BCUT2D eigenvalue weighted by molar-refractivity contribution is 7.48. The minimum atomic E-state index is 0.00519. The smallest absolute Gasteiger partial charge is 0.150 e. The summed E-state index contributed by atoms with van der Waals surface area (Å²) in [5.41, 5.74) is 3.32. The Morgan fingerprint density at radius 2 is 1.92 bits per heavy atom. The summed E-state index contributed by atoms with van der Waals surface area (Å²) in [5, 5.41) is 1.15. The molecule has 2 aromatic rings. The fourth-order valence-corrected chi connectivity index (χ4v) is 5.18. The second-order valence-electron chi connectivity index (χ2n) is 6.22. The highest BCUT2D eigenvalue weighted by atomic mass is 31.1. The Kier molecular flexibility index (Phi) is 6.57. The standard InChI is InChI=1S/C21H27O2P/c1-5-13-21(6-2,18-14-16(3)11-12-19(18)23-4)24-20-10-8-7-9-17(20)15-22/h7-12,14-15,24H,5-6,13H2,1-4H3.